The fraction of sp³-hybridized carbons (Fsp3) is 1.00. The average Bonchev–Trinajstić information content (AvgIpc) is 2.02. The van der Waals surface area contributed by atoms with E-state index in [0.29, 0.717) is 0 Å². The number of hydrogen-bond donors (Lipinski definition) is 0. The molecule has 12 heavy (non-hydrogen) atoms. The summed E-state index contributed by atoms with van der Waals surface area (Å²) in [5.74, 6) is 0. The van der Waals surface area contributed by atoms with Gasteiger partial charge in [-0.3, -0.25) is 0 Å². The normalized spacial score (nSPS) is 16.0. The van der Waals surface area contributed by atoms with Crippen molar-refractivity contribution in [3.8, 4) is 0 Å². The number of hydroxylamine groups is 3. The molecule has 0 spiro atoms. The molecule has 0 N–H and O–H groups in total. The van der Waals surface area contributed by atoms with Crippen molar-refractivity contribution in [2.75, 3.05) is 26.7 Å². The molecule has 74 valence electrons. The van der Waals surface area contributed by atoms with Crippen molar-refractivity contribution < 1.29 is 9.48 Å². The van der Waals surface area contributed by atoms with Gasteiger partial charge in [0.25, 0.3) is 0 Å². The molecule has 0 aliphatic heterocycles. The van der Waals surface area contributed by atoms with Crippen molar-refractivity contribution in [1.82, 2.24) is 0 Å². The lowest BCUT2D eigenvalue weighted by molar-refractivity contribution is -1.09. The lowest BCUT2D eigenvalue weighted by Gasteiger charge is -2.30. The van der Waals surface area contributed by atoms with Crippen molar-refractivity contribution in [3.63, 3.8) is 0 Å². The molecule has 0 aromatic rings. The Hall–Kier alpha value is -0.0800. The molecule has 0 saturated heterocycles. The van der Waals surface area contributed by atoms with Crippen molar-refractivity contribution in [2.24, 2.45) is 0 Å². The molecule has 0 aliphatic carbocycles. The fourth-order valence-electron chi connectivity index (χ4n) is 1.52. The molecule has 1 atom stereocenters. The van der Waals surface area contributed by atoms with Crippen LogP contribution < -0.4 is 0 Å². The second-order valence-corrected chi connectivity index (χ2v) is 3.52. The van der Waals surface area contributed by atoms with E-state index in [9.17, 15) is 0 Å². The van der Waals surface area contributed by atoms with E-state index in [2.05, 4.69) is 27.8 Å². The zero-order valence-electron chi connectivity index (χ0n) is 9.10. The number of unbranched alkanes of at least 4 members (excludes halogenated alkanes) is 1. The first kappa shape index (κ1) is 11.9. The molecule has 2 heteroatoms. The van der Waals surface area contributed by atoms with E-state index in [4.69, 9.17) is 4.84 Å². The number of hydrogen-bond acceptors (Lipinski definition) is 1. The zero-order chi connectivity index (χ0) is 9.45. The Morgan fingerprint density at radius 1 is 1.00 bits per heavy atom. The first-order chi connectivity index (χ1) is 5.68. The Morgan fingerprint density at radius 3 is 2.08 bits per heavy atom. The van der Waals surface area contributed by atoms with E-state index >= 15 is 0 Å². The summed E-state index contributed by atoms with van der Waals surface area (Å²) in [5.41, 5.74) is 0. The van der Waals surface area contributed by atoms with Gasteiger partial charge in [-0.05, 0) is 19.8 Å². The van der Waals surface area contributed by atoms with Gasteiger partial charge in [-0.15, -0.1) is 0 Å². The predicted octanol–water partition coefficient (Wildman–Crippen LogP) is 2.59. The third kappa shape index (κ3) is 4.73. The van der Waals surface area contributed by atoms with Gasteiger partial charge >= 0.3 is 0 Å². The molecule has 0 rings (SSSR count). The molecule has 0 radical (unpaired) electrons. The summed E-state index contributed by atoms with van der Waals surface area (Å²) in [6.07, 6.45) is 3.71. The van der Waals surface area contributed by atoms with E-state index in [1.807, 2.05) is 0 Å². The smallest absolute Gasteiger partial charge is 0.109 e. The van der Waals surface area contributed by atoms with Crippen LogP contribution in [0.1, 0.15) is 40.0 Å². The molecular formula is C10H24NO+. The van der Waals surface area contributed by atoms with Gasteiger partial charge in [0.05, 0.1) is 7.05 Å². The van der Waals surface area contributed by atoms with Gasteiger partial charge in [0.15, 0.2) is 0 Å². The van der Waals surface area contributed by atoms with Gasteiger partial charge < -0.3 is 0 Å². The molecular weight excluding hydrogens is 150 g/mol. The summed E-state index contributed by atoms with van der Waals surface area (Å²) in [6, 6.07) is 0. The standard InChI is InChI=1S/C10H24NO/c1-5-8-10-11(4,9-6-2)12-7-3/h5-10H2,1-4H3/q+1. The Kier molecular flexibility index (Phi) is 6.39. The minimum Gasteiger partial charge on any atom is -0.203 e. The lowest BCUT2D eigenvalue weighted by Crippen LogP contribution is -2.45. The minimum absolute atomic E-state index is 0.792. The molecule has 0 fully saturated rings. The molecule has 0 aromatic heterocycles. The Bertz CT molecular complexity index is 98.0. The first-order valence-corrected chi connectivity index (χ1v) is 5.17. The number of nitrogens with zero attached hydrogens (tertiary/aromatic N) is 1. The summed E-state index contributed by atoms with van der Waals surface area (Å²) in [7, 11) is 2.18. The Labute approximate surface area is 77.1 Å². The highest BCUT2D eigenvalue weighted by Crippen LogP contribution is 2.08. The molecule has 0 saturated carbocycles. The molecule has 0 aliphatic rings. The van der Waals surface area contributed by atoms with Crippen molar-refractivity contribution >= 4 is 0 Å². The minimum atomic E-state index is 0.792. The third-order valence-electron chi connectivity index (χ3n) is 2.12. The average molecular weight is 174 g/mol. The van der Waals surface area contributed by atoms with Gasteiger partial charge in [0.2, 0.25) is 0 Å². The Balaban J connectivity index is 3.80. The number of quaternary nitrogens is 1. The van der Waals surface area contributed by atoms with Crippen LogP contribution in [0.3, 0.4) is 0 Å². The van der Waals surface area contributed by atoms with Crippen LogP contribution in [-0.2, 0) is 4.84 Å². The summed E-state index contributed by atoms with van der Waals surface area (Å²) in [4.78, 5) is 5.71. The maximum Gasteiger partial charge on any atom is 0.109 e. The van der Waals surface area contributed by atoms with Crippen LogP contribution in [0.25, 0.3) is 0 Å². The third-order valence-corrected chi connectivity index (χ3v) is 2.12. The Morgan fingerprint density at radius 2 is 1.67 bits per heavy atom. The second kappa shape index (κ2) is 6.44. The second-order valence-electron chi connectivity index (χ2n) is 3.52. The van der Waals surface area contributed by atoms with E-state index in [0.717, 1.165) is 24.3 Å². The molecule has 2 nitrogen and oxygen atoms in total. The highest BCUT2D eigenvalue weighted by molar-refractivity contribution is 4.33. The van der Waals surface area contributed by atoms with Crippen LogP contribution in [0.5, 0.6) is 0 Å². The van der Waals surface area contributed by atoms with E-state index in [1.54, 1.807) is 0 Å². The molecule has 0 aromatic carbocycles. The van der Waals surface area contributed by atoms with Gasteiger partial charge in [0.1, 0.15) is 19.7 Å². The summed E-state index contributed by atoms with van der Waals surface area (Å²) < 4.78 is 0.792. The van der Waals surface area contributed by atoms with Gasteiger partial charge in [-0.2, -0.15) is 4.65 Å². The highest BCUT2D eigenvalue weighted by atomic mass is 16.7. The van der Waals surface area contributed by atoms with Gasteiger partial charge in [-0.1, -0.05) is 20.3 Å². The summed E-state index contributed by atoms with van der Waals surface area (Å²) in [6.45, 7) is 9.61. The van der Waals surface area contributed by atoms with Crippen LogP contribution in [0, 0.1) is 0 Å². The van der Waals surface area contributed by atoms with Gasteiger partial charge in [-0.25, -0.2) is 4.84 Å². The monoisotopic (exact) mass is 174 g/mol. The molecule has 1 unspecified atom stereocenters. The quantitative estimate of drug-likeness (QED) is 0.426. The van der Waals surface area contributed by atoms with Crippen molar-refractivity contribution in [2.45, 2.75) is 40.0 Å². The van der Waals surface area contributed by atoms with Crippen LogP contribution >= 0.6 is 0 Å². The van der Waals surface area contributed by atoms with E-state index in [1.165, 1.54) is 19.3 Å². The summed E-state index contributed by atoms with van der Waals surface area (Å²) >= 11 is 0. The van der Waals surface area contributed by atoms with E-state index in [-0.39, 0.29) is 0 Å². The maximum atomic E-state index is 5.71. The fourth-order valence-corrected chi connectivity index (χ4v) is 1.52. The maximum absolute atomic E-state index is 5.71. The van der Waals surface area contributed by atoms with Crippen LogP contribution in [0.15, 0.2) is 0 Å². The van der Waals surface area contributed by atoms with Crippen LogP contribution in [0.2, 0.25) is 0 Å². The topological polar surface area (TPSA) is 9.23 Å². The molecule has 0 bridgehead atoms. The predicted molar refractivity (Wildman–Crippen MR) is 52.7 cm³/mol. The molecule has 0 amide bonds. The molecule has 0 heterocycles. The van der Waals surface area contributed by atoms with Gasteiger partial charge in [0, 0.05) is 0 Å². The lowest BCUT2D eigenvalue weighted by atomic mass is 10.3. The highest BCUT2D eigenvalue weighted by Gasteiger charge is 2.20. The van der Waals surface area contributed by atoms with Crippen molar-refractivity contribution in [1.29, 1.82) is 0 Å². The zero-order valence-corrected chi connectivity index (χ0v) is 9.10. The largest absolute Gasteiger partial charge is 0.203 e. The number of rotatable bonds is 7. The first-order valence-electron chi connectivity index (χ1n) is 5.17. The van der Waals surface area contributed by atoms with Crippen LogP contribution in [-0.4, -0.2) is 31.4 Å². The van der Waals surface area contributed by atoms with Crippen LogP contribution in [0.4, 0.5) is 0 Å². The van der Waals surface area contributed by atoms with E-state index < -0.39 is 0 Å². The SMILES string of the molecule is CCCC[N+](C)(CCC)OCC. The van der Waals surface area contributed by atoms with Crippen molar-refractivity contribution in [3.05, 3.63) is 0 Å². The summed E-state index contributed by atoms with van der Waals surface area (Å²) in [5, 5.41) is 0.